The van der Waals surface area contributed by atoms with Crippen LogP contribution in [0, 0.1) is 11.8 Å². The first-order valence-corrected chi connectivity index (χ1v) is 6.83. The Balaban J connectivity index is 1.69. The molecule has 0 unspecified atom stereocenters. The summed E-state index contributed by atoms with van der Waals surface area (Å²) >= 11 is 0. The Morgan fingerprint density at radius 3 is 1.95 bits per heavy atom. The molecule has 0 aliphatic heterocycles. The van der Waals surface area contributed by atoms with E-state index in [1.54, 1.807) is 24.3 Å². The molecule has 3 nitrogen and oxygen atoms in total. The molecule has 3 heteroatoms. The summed E-state index contributed by atoms with van der Waals surface area (Å²) in [6.45, 7) is 0. The second kappa shape index (κ2) is 5.72. The van der Waals surface area contributed by atoms with Gasteiger partial charge in [-0.05, 0) is 61.4 Å². The molecular weight excluding hydrogens is 264 g/mol. The number of rotatable bonds is 3. The standard InChI is InChI=1S/C18H14O3/c19-18(20)15-7-3-13(4-8-15)1-2-14-5-9-16(10-6-14)21-17-11-12-17/h3-10,17H,11-12H2,(H,19,20). The highest BCUT2D eigenvalue weighted by atomic mass is 16.5. The van der Waals surface area contributed by atoms with E-state index in [4.69, 9.17) is 9.84 Å². The lowest BCUT2D eigenvalue weighted by Crippen LogP contribution is -1.95. The van der Waals surface area contributed by atoms with Gasteiger partial charge in [-0.15, -0.1) is 0 Å². The maximum absolute atomic E-state index is 10.8. The van der Waals surface area contributed by atoms with E-state index in [1.807, 2.05) is 24.3 Å². The number of aromatic carboxylic acids is 1. The van der Waals surface area contributed by atoms with Crippen LogP contribution in [0.5, 0.6) is 5.75 Å². The molecule has 3 rings (SSSR count). The van der Waals surface area contributed by atoms with E-state index in [1.165, 1.54) is 0 Å². The van der Waals surface area contributed by atoms with Gasteiger partial charge in [-0.3, -0.25) is 0 Å². The van der Waals surface area contributed by atoms with Crippen molar-refractivity contribution in [1.82, 2.24) is 0 Å². The van der Waals surface area contributed by atoms with Gasteiger partial charge in [0.2, 0.25) is 0 Å². The first-order valence-electron chi connectivity index (χ1n) is 6.83. The molecule has 1 saturated carbocycles. The van der Waals surface area contributed by atoms with Crippen molar-refractivity contribution in [2.75, 3.05) is 0 Å². The van der Waals surface area contributed by atoms with E-state index >= 15 is 0 Å². The Kier molecular flexibility index (Phi) is 3.61. The zero-order chi connectivity index (χ0) is 14.7. The van der Waals surface area contributed by atoms with E-state index < -0.39 is 5.97 Å². The van der Waals surface area contributed by atoms with Crippen LogP contribution in [-0.2, 0) is 0 Å². The first kappa shape index (κ1) is 13.3. The lowest BCUT2D eigenvalue weighted by atomic mass is 10.1. The topological polar surface area (TPSA) is 46.5 Å². The molecule has 0 spiro atoms. The minimum atomic E-state index is -0.930. The van der Waals surface area contributed by atoms with E-state index in [2.05, 4.69) is 11.8 Å². The molecule has 0 aromatic heterocycles. The Hall–Kier alpha value is -2.73. The number of carboxylic acids is 1. The molecule has 0 bridgehead atoms. The molecule has 0 amide bonds. The number of benzene rings is 2. The largest absolute Gasteiger partial charge is 0.490 e. The lowest BCUT2D eigenvalue weighted by Gasteiger charge is -2.02. The van der Waals surface area contributed by atoms with Crippen LogP contribution in [0.3, 0.4) is 0 Å². The average molecular weight is 278 g/mol. The van der Waals surface area contributed by atoms with Gasteiger partial charge < -0.3 is 9.84 Å². The summed E-state index contributed by atoms with van der Waals surface area (Å²) in [5.41, 5.74) is 1.96. The molecule has 1 N–H and O–H groups in total. The van der Waals surface area contributed by atoms with Crippen molar-refractivity contribution in [3.8, 4) is 17.6 Å². The predicted molar refractivity (Wildman–Crippen MR) is 79.5 cm³/mol. The van der Waals surface area contributed by atoms with Crippen molar-refractivity contribution in [3.05, 3.63) is 65.2 Å². The van der Waals surface area contributed by atoms with Crippen LogP contribution in [0.4, 0.5) is 0 Å². The SMILES string of the molecule is O=C(O)c1ccc(C#Cc2ccc(OC3CC3)cc2)cc1. The number of hydrogen-bond acceptors (Lipinski definition) is 2. The Labute approximate surface area is 123 Å². The molecular formula is C18H14O3. The average Bonchev–Trinajstić information content (AvgIpc) is 3.31. The molecule has 21 heavy (non-hydrogen) atoms. The van der Waals surface area contributed by atoms with E-state index in [0.717, 1.165) is 29.7 Å². The van der Waals surface area contributed by atoms with Crippen molar-refractivity contribution >= 4 is 5.97 Å². The smallest absolute Gasteiger partial charge is 0.335 e. The summed E-state index contributed by atoms with van der Waals surface area (Å²) in [5.74, 6) is 6.02. The van der Waals surface area contributed by atoms with Crippen molar-refractivity contribution in [2.45, 2.75) is 18.9 Å². The summed E-state index contributed by atoms with van der Waals surface area (Å²) in [6, 6.07) is 14.2. The number of hydrogen-bond donors (Lipinski definition) is 1. The fourth-order valence-electron chi connectivity index (χ4n) is 1.84. The summed E-state index contributed by atoms with van der Waals surface area (Å²) < 4.78 is 5.67. The van der Waals surface area contributed by atoms with Crippen LogP contribution >= 0.6 is 0 Å². The van der Waals surface area contributed by atoms with Gasteiger partial charge in [0.1, 0.15) is 5.75 Å². The predicted octanol–water partition coefficient (Wildman–Crippen LogP) is 3.33. The van der Waals surface area contributed by atoms with Crippen LogP contribution in [0.1, 0.15) is 34.3 Å². The van der Waals surface area contributed by atoms with Crippen molar-refractivity contribution in [1.29, 1.82) is 0 Å². The molecule has 2 aromatic carbocycles. The summed E-state index contributed by atoms with van der Waals surface area (Å²) in [5, 5.41) is 8.83. The van der Waals surface area contributed by atoms with Crippen molar-refractivity contribution in [3.63, 3.8) is 0 Å². The molecule has 1 aliphatic carbocycles. The highest BCUT2D eigenvalue weighted by Gasteiger charge is 2.23. The number of ether oxygens (including phenoxy) is 1. The van der Waals surface area contributed by atoms with Crippen molar-refractivity contribution in [2.24, 2.45) is 0 Å². The van der Waals surface area contributed by atoms with Crippen LogP contribution in [0.25, 0.3) is 0 Å². The van der Waals surface area contributed by atoms with E-state index in [-0.39, 0.29) is 5.56 Å². The third-order valence-electron chi connectivity index (χ3n) is 3.16. The molecule has 0 saturated heterocycles. The van der Waals surface area contributed by atoms with E-state index in [0.29, 0.717) is 6.10 Å². The maximum atomic E-state index is 10.8. The van der Waals surface area contributed by atoms with Crippen molar-refractivity contribution < 1.29 is 14.6 Å². The van der Waals surface area contributed by atoms with Crippen LogP contribution in [-0.4, -0.2) is 17.2 Å². The van der Waals surface area contributed by atoms with Gasteiger partial charge in [0.25, 0.3) is 0 Å². The minimum Gasteiger partial charge on any atom is -0.490 e. The third-order valence-corrected chi connectivity index (χ3v) is 3.16. The molecule has 0 atom stereocenters. The quantitative estimate of drug-likeness (QED) is 0.876. The normalized spacial score (nSPS) is 13.1. The van der Waals surface area contributed by atoms with Gasteiger partial charge in [0.05, 0.1) is 11.7 Å². The zero-order valence-electron chi connectivity index (χ0n) is 11.4. The summed E-state index contributed by atoms with van der Waals surface area (Å²) in [7, 11) is 0. The van der Waals surface area contributed by atoms with Crippen LogP contribution in [0.15, 0.2) is 48.5 Å². The van der Waals surface area contributed by atoms with Gasteiger partial charge in [0.15, 0.2) is 0 Å². The Morgan fingerprint density at radius 2 is 1.48 bits per heavy atom. The lowest BCUT2D eigenvalue weighted by molar-refractivity contribution is 0.0697. The molecule has 2 aromatic rings. The molecule has 0 heterocycles. The van der Waals surface area contributed by atoms with Gasteiger partial charge >= 0.3 is 5.97 Å². The second-order valence-corrected chi connectivity index (χ2v) is 4.97. The monoisotopic (exact) mass is 278 g/mol. The summed E-state index contributed by atoms with van der Waals surface area (Å²) in [4.78, 5) is 10.8. The van der Waals surface area contributed by atoms with Crippen LogP contribution < -0.4 is 4.74 Å². The molecule has 1 aliphatic rings. The number of carboxylic acid groups (broad SMARTS) is 1. The van der Waals surface area contributed by atoms with Gasteiger partial charge in [-0.2, -0.15) is 0 Å². The molecule has 1 fully saturated rings. The maximum Gasteiger partial charge on any atom is 0.335 e. The van der Waals surface area contributed by atoms with E-state index in [9.17, 15) is 4.79 Å². The Bertz CT molecular complexity index is 699. The van der Waals surface area contributed by atoms with Crippen LogP contribution in [0.2, 0.25) is 0 Å². The number of carbonyl (C=O) groups is 1. The van der Waals surface area contributed by atoms with Gasteiger partial charge in [-0.1, -0.05) is 11.8 Å². The highest BCUT2D eigenvalue weighted by molar-refractivity contribution is 5.87. The summed E-state index contributed by atoms with van der Waals surface area (Å²) in [6.07, 6.45) is 2.69. The molecule has 0 radical (unpaired) electrons. The second-order valence-electron chi connectivity index (χ2n) is 4.97. The molecule has 104 valence electrons. The fraction of sp³-hybridized carbons (Fsp3) is 0.167. The van der Waals surface area contributed by atoms with Gasteiger partial charge in [-0.25, -0.2) is 4.79 Å². The Morgan fingerprint density at radius 1 is 0.952 bits per heavy atom. The zero-order valence-corrected chi connectivity index (χ0v) is 11.4. The highest BCUT2D eigenvalue weighted by Crippen LogP contribution is 2.26. The first-order chi connectivity index (χ1) is 10.2. The minimum absolute atomic E-state index is 0.266. The van der Waals surface area contributed by atoms with Gasteiger partial charge in [0, 0.05) is 11.1 Å². The third kappa shape index (κ3) is 3.64. The fourth-order valence-corrected chi connectivity index (χ4v) is 1.84.